The zero-order valence-corrected chi connectivity index (χ0v) is 14.4. The maximum Gasteiger partial charge on any atom is 0.251 e. The molecule has 132 valence electrons. The van der Waals surface area contributed by atoms with E-state index in [1.54, 1.807) is 42.5 Å². The van der Waals surface area contributed by atoms with E-state index in [1.807, 2.05) is 0 Å². The molecule has 2 aromatic rings. The summed E-state index contributed by atoms with van der Waals surface area (Å²) >= 11 is 0. The first kappa shape index (κ1) is 17.4. The summed E-state index contributed by atoms with van der Waals surface area (Å²) in [5, 5.41) is 2.74. The summed E-state index contributed by atoms with van der Waals surface area (Å²) in [6.07, 6.45) is 1.02. The largest absolute Gasteiger partial charge is 0.352 e. The van der Waals surface area contributed by atoms with E-state index in [2.05, 4.69) is 5.32 Å². The van der Waals surface area contributed by atoms with E-state index in [0.29, 0.717) is 42.7 Å². The van der Waals surface area contributed by atoms with Crippen molar-refractivity contribution in [3.63, 3.8) is 0 Å². The Hall–Kier alpha value is -2.41. The fourth-order valence-corrected chi connectivity index (χ4v) is 4.39. The molecule has 1 aliphatic rings. The van der Waals surface area contributed by atoms with Crippen LogP contribution in [0, 0.1) is 5.82 Å². The first-order chi connectivity index (χ1) is 12.0. The quantitative estimate of drug-likeness (QED) is 0.888. The second-order valence-electron chi connectivity index (χ2n) is 5.89. The van der Waals surface area contributed by atoms with Crippen LogP contribution < -0.4 is 9.62 Å². The Morgan fingerprint density at radius 3 is 2.48 bits per heavy atom. The smallest absolute Gasteiger partial charge is 0.251 e. The van der Waals surface area contributed by atoms with Crippen molar-refractivity contribution in [1.29, 1.82) is 0 Å². The number of halogens is 1. The molecule has 0 atom stereocenters. The number of anilines is 1. The summed E-state index contributed by atoms with van der Waals surface area (Å²) in [4.78, 5) is 12.1. The maximum atomic E-state index is 13.5. The van der Waals surface area contributed by atoms with E-state index in [0.717, 1.165) is 0 Å². The summed E-state index contributed by atoms with van der Waals surface area (Å²) in [6.45, 7) is 0.790. The van der Waals surface area contributed by atoms with E-state index in [4.69, 9.17) is 0 Å². The third-order valence-electron chi connectivity index (χ3n) is 4.15. The average Bonchev–Trinajstić information content (AvgIpc) is 2.96. The van der Waals surface area contributed by atoms with Gasteiger partial charge in [0.2, 0.25) is 10.0 Å². The van der Waals surface area contributed by atoms with Gasteiger partial charge in [-0.25, -0.2) is 12.8 Å². The van der Waals surface area contributed by atoms with Crippen molar-refractivity contribution in [1.82, 2.24) is 5.32 Å². The fourth-order valence-electron chi connectivity index (χ4n) is 2.82. The van der Waals surface area contributed by atoms with Crippen LogP contribution in [0.5, 0.6) is 0 Å². The number of hydrogen-bond donors (Lipinski definition) is 1. The van der Waals surface area contributed by atoms with Gasteiger partial charge in [0, 0.05) is 18.7 Å². The van der Waals surface area contributed by atoms with Gasteiger partial charge >= 0.3 is 0 Å². The fraction of sp³-hybridized carbons (Fsp3) is 0.278. The lowest BCUT2D eigenvalue weighted by Gasteiger charge is -2.17. The number of carbonyl (C=O) groups is 1. The van der Waals surface area contributed by atoms with Gasteiger partial charge in [-0.1, -0.05) is 18.2 Å². The number of carbonyl (C=O) groups excluding carboxylic acids is 1. The van der Waals surface area contributed by atoms with Crippen molar-refractivity contribution >= 4 is 21.6 Å². The Kier molecular flexibility index (Phi) is 5.03. The standard InChI is InChI=1S/C18H19FN2O3S/c19-17-5-2-1-4-14(17)10-11-20-18(22)15-6-8-16(9-7-15)21-12-3-13-25(21,23)24/h1-2,4-9H,3,10-13H2,(H,20,22). The highest BCUT2D eigenvalue weighted by molar-refractivity contribution is 7.93. The molecule has 0 saturated carbocycles. The number of nitrogens with zero attached hydrogens (tertiary/aromatic N) is 1. The molecular formula is C18H19FN2O3S. The number of nitrogens with one attached hydrogen (secondary N) is 1. The van der Waals surface area contributed by atoms with Crippen molar-refractivity contribution in [2.24, 2.45) is 0 Å². The summed E-state index contributed by atoms with van der Waals surface area (Å²) in [6, 6.07) is 12.9. The highest BCUT2D eigenvalue weighted by Gasteiger charge is 2.28. The minimum Gasteiger partial charge on any atom is -0.352 e. The summed E-state index contributed by atoms with van der Waals surface area (Å²) in [7, 11) is -3.22. The molecule has 0 bridgehead atoms. The van der Waals surface area contributed by atoms with Crippen LogP contribution in [0.25, 0.3) is 0 Å². The van der Waals surface area contributed by atoms with Gasteiger partial charge < -0.3 is 5.32 Å². The minimum absolute atomic E-state index is 0.158. The van der Waals surface area contributed by atoms with Gasteiger partial charge in [-0.15, -0.1) is 0 Å². The summed E-state index contributed by atoms with van der Waals surface area (Å²) < 4.78 is 38.7. The molecule has 2 aromatic carbocycles. The van der Waals surface area contributed by atoms with Crippen LogP contribution in [0.2, 0.25) is 0 Å². The lowest BCUT2D eigenvalue weighted by molar-refractivity contribution is 0.0954. The van der Waals surface area contributed by atoms with Crippen molar-refractivity contribution < 1.29 is 17.6 Å². The van der Waals surface area contributed by atoms with Gasteiger partial charge in [-0.2, -0.15) is 0 Å². The Morgan fingerprint density at radius 2 is 1.84 bits per heavy atom. The molecule has 0 unspecified atom stereocenters. The predicted octanol–water partition coefficient (Wildman–Crippen LogP) is 2.34. The second-order valence-corrected chi connectivity index (χ2v) is 7.90. The summed E-state index contributed by atoms with van der Waals surface area (Å²) in [5.41, 5.74) is 1.56. The van der Waals surface area contributed by atoms with Gasteiger partial charge in [-0.05, 0) is 48.7 Å². The number of sulfonamides is 1. The second kappa shape index (κ2) is 7.23. The molecule has 1 saturated heterocycles. The van der Waals surface area contributed by atoms with Crippen LogP contribution in [0.1, 0.15) is 22.3 Å². The molecule has 0 aliphatic carbocycles. The highest BCUT2D eigenvalue weighted by atomic mass is 32.2. The Morgan fingerprint density at radius 1 is 1.12 bits per heavy atom. The van der Waals surface area contributed by atoms with Gasteiger partial charge in [-0.3, -0.25) is 9.10 Å². The van der Waals surface area contributed by atoms with Crippen LogP contribution >= 0.6 is 0 Å². The third-order valence-corrected chi connectivity index (χ3v) is 6.02. The van der Waals surface area contributed by atoms with Crippen LogP contribution in [-0.2, 0) is 16.4 Å². The molecule has 1 heterocycles. The molecular weight excluding hydrogens is 343 g/mol. The van der Waals surface area contributed by atoms with Gasteiger partial charge in [0.15, 0.2) is 0 Å². The zero-order valence-electron chi connectivity index (χ0n) is 13.6. The van der Waals surface area contributed by atoms with Crippen molar-refractivity contribution in [2.45, 2.75) is 12.8 Å². The van der Waals surface area contributed by atoms with Gasteiger partial charge in [0.25, 0.3) is 5.91 Å². The summed E-state index contributed by atoms with van der Waals surface area (Å²) in [5.74, 6) is -0.397. The molecule has 1 aliphatic heterocycles. The molecule has 1 amide bonds. The third kappa shape index (κ3) is 3.99. The van der Waals surface area contributed by atoms with Crippen molar-refractivity contribution in [2.75, 3.05) is 23.1 Å². The number of amides is 1. The molecule has 3 rings (SSSR count). The number of rotatable bonds is 5. The average molecular weight is 362 g/mol. The SMILES string of the molecule is O=C(NCCc1ccccc1F)c1ccc(N2CCCS2(=O)=O)cc1. The monoisotopic (exact) mass is 362 g/mol. The molecule has 0 spiro atoms. The zero-order chi connectivity index (χ0) is 17.9. The van der Waals surface area contributed by atoms with Gasteiger partial charge in [0.1, 0.15) is 5.82 Å². The van der Waals surface area contributed by atoms with E-state index < -0.39 is 10.0 Å². The molecule has 1 N–H and O–H groups in total. The van der Waals surface area contributed by atoms with E-state index in [9.17, 15) is 17.6 Å². The first-order valence-corrected chi connectivity index (χ1v) is 9.70. The Balaban J connectivity index is 1.59. The van der Waals surface area contributed by atoms with Crippen LogP contribution in [0.15, 0.2) is 48.5 Å². The lowest BCUT2D eigenvalue weighted by Crippen LogP contribution is -2.27. The van der Waals surface area contributed by atoms with Crippen molar-refractivity contribution in [3.8, 4) is 0 Å². The topological polar surface area (TPSA) is 66.5 Å². The van der Waals surface area contributed by atoms with Crippen LogP contribution in [0.4, 0.5) is 10.1 Å². The Bertz CT molecular complexity index is 866. The molecule has 0 aromatic heterocycles. The maximum absolute atomic E-state index is 13.5. The first-order valence-electron chi connectivity index (χ1n) is 8.09. The van der Waals surface area contributed by atoms with Gasteiger partial charge in [0.05, 0.1) is 11.4 Å². The van der Waals surface area contributed by atoms with Crippen LogP contribution in [-0.4, -0.2) is 33.2 Å². The molecule has 0 radical (unpaired) electrons. The van der Waals surface area contributed by atoms with Crippen LogP contribution in [0.3, 0.4) is 0 Å². The van der Waals surface area contributed by atoms with Crippen molar-refractivity contribution in [3.05, 3.63) is 65.5 Å². The normalized spacial score (nSPS) is 16.0. The minimum atomic E-state index is -3.22. The molecule has 1 fully saturated rings. The van der Waals surface area contributed by atoms with E-state index in [1.165, 1.54) is 10.4 Å². The molecule has 7 heteroatoms. The van der Waals surface area contributed by atoms with E-state index >= 15 is 0 Å². The number of hydrogen-bond acceptors (Lipinski definition) is 3. The lowest BCUT2D eigenvalue weighted by atomic mass is 10.1. The Labute approximate surface area is 146 Å². The van der Waals surface area contributed by atoms with E-state index in [-0.39, 0.29) is 17.5 Å². The predicted molar refractivity (Wildman–Crippen MR) is 94.6 cm³/mol. The highest BCUT2D eigenvalue weighted by Crippen LogP contribution is 2.24. The molecule has 25 heavy (non-hydrogen) atoms. The molecule has 5 nitrogen and oxygen atoms in total. The number of benzene rings is 2.